The molecular formula is C22H22N2O3. The van der Waals surface area contributed by atoms with Crippen molar-refractivity contribution < 1.29 is 9.90 Å². The molecular weight excluding hydrogens is 340 g/mol. The van der Waals surface area contributed by atoms with Gasteiger partial charge in [-0.1, -0.05) is 48.5 Å². The van der Waals surface area contributed by atoms with Gasteiger partial charge in [0.1, 0.15) is 0 Å². The molecule has 0 fully saturated rings. The maximum atomic E-state index is 12.4. The first-order chi connectivity index (χ1) is 13.0. The van der Waals surface area contributed by atoms with Gasteiger partial charge < -0.3 is 15.0 Å². The van der Waals surface area contributed by atoms with Crippen LogP contribution in [0.5, 0.6) is 5.75 Å². The standard InChI is InChI=1S/C22H22N2O3/c1-15-7-6-10-18(16(15)2)13-23-21(26)19-11-12-24(22(27)20(19)25)14-17-8-4-3-5-9-17/h3-12,25H,13-14H2,1-2H3,(H,23,26). The van der Waals surface area contributed by atoms with Crippen molar-refractivity contribution in [1.29, 1.82) is 0 Å². The minimum Gasteiger partial charge on any atom is -0.502 e. The number of carbonyl (C=O) groups excluding carboxylic acids is 1. The van der Waals surface area contributed by atoms with E-state index in [9.17, 15) is 14.7 Å². The second-order valence-corrected chi connectivity index (χ2v) is 6.54. The quantitative estimate of drug-likeness (QED) is 0.732. The zero-order valence-corrected chi connectivity index (χ0v) is 15.4. The lowest BCUT2D eigenvalue weighted by atomic mass is 10.0. The first-order valence-electron chi connectivity index (χ1n) is 8.77. The third kappa shape index (κ3) is 4.08. The molecule has 0 atom stereocenters. The third-order valence-electron chi connectivity index (χ3n) is 4.74. The van der Waals surface area contributed by atoms with Gasteiger partial charge in [0.15, 0.2) is 5.75 Å². The topological polar surface area (TPSA) is 71.3 Å². The summed E-state index contributed by atoms with van der Waals surface area (Å²) in [6.07, 6.45) is 1.53. The van der Waals surface area contributed by atoms with Crippen molar-refractivity contribution in [2.45, 2.75) is 26.9 Å². The van der Waals surface area contributed by atoms with Gasteiger partial charge in [-0.05, 0) is 42.2 Å². The van der Waals surface area contributed by atoms with Crippen molar-refractivity contribution in [3.63, 3.8) is 0 Å². The van der Waals surface area contributed by atoms with Gasteiger partial charge in [-0.3, -0.25) is 9.59 Å². The van der Waals surface area contributed by atoms with Crippen LogP contribution in [0.4, 0.5) is 0 Å². The van der Waals surface area contributed by atoms with Crippen LogP contribution in [-0.2, 0) is 13.1 Å². The minimum atomic E-state index is -0.585. The number of pyridine rings is 1. The molecule has 3 rings (SSSR count). The highest BCUT2D eigenvalue weighted by atomic mass is 16.3. The van der Waals surface area contributed by atoms with Crippen LogP contribution in [0.15, 0.2) is 65.6 Å². The fraction of sp³-hybridized carbons (Fsp3) is 0.182. The predicted molar refractivity (Wildman–Crippen MR) is 105 cm³/mol. The number of nitrogens with one attached hydrogen (secondary N) is 1. The molecule has 0 aliphatic heterocycles. The average Bonchev–Trinajstić information content (AvgIpc) is 2.67. The summed E-state index contributed by atoms with van der Waals surface area (Å²) in [5.41, 5.74) is 3.59. The highest BCUT2D eigenvalue weighted by Crippen LogP contribution is 2.14. The molecule has 138 valence electrons. The van der Waals surface area contributed by atoms with Gasteiger partial charge in [-0.2, -0.15) is 0 Å². The summed E-state index contributed by atoms with van der Waals surface area (Å²) in [7, 11) is 0. The van der Waals surface area contributed by atoms with Crippen molar-refractivity contribution in [1.82, 2.24) is 9.88 Å². The summed E-state index contributed by atoms with van der Waals surface area (Å²) < 4.78 is 1.38. The van der Waals surface area contributed by atoms with Gasteiger partial charge in [0.2, 0.25) is 0 Å². The van der Waals surface area contributed by atoms with Gasteiger partial charge in [0.05, 0.1) is 12.1 Å². The van der Waals surface area contributed by atoms with Crippen molar-refractivity contribution in [3.8, 4) is 5.75 Å². The number of aromatic nitrogens is 1. The molecule has 1 heterocycles. The number of hydrogen-bond donors (Lipinski definition) is 2. The Bertz CT molecular complexity index is 1020. The minimum absolute atomic E-state index is 0.0189. The Labute approximate surface area is 157 Å². The van der Waals surface area contributed by atoms with Gasteiger partial charge in [0.25, 0.3) is 11.5 Å². The highest BCUT2D eigenvalue weighted by molar-refractivity contribution is 5.96. The molecule has 0 unspecified atom stereocenters. The summed E-state index contributed by atoms with van der Waals surface area (Å²) in [5, 5.41) is 13.0. The number of amides is 1. The Morgan fingerprint density at radius 2 is 1.78 bits per heavy atom. The number of aromatic hydroxyl groups is 1. The van der Waals surface area contributed by atoms with Crippen LogP contribution >= 0.6 is 0 Å². The lowest BCUT2D eigenvalue weighted by Crippen LogP contribution is -2.27. The number of rotatable bonds is 5. The second-order valence-electron chi connectivity index (χ2n) is 6.54. The summed E-state index contributed by atoms with van der Waals surface area (Å²) in [4.78, 5) is 24.8. The van der Waals surface area contributed by atoms with Gasteiger partial charge >= 0.3 is 0 Å². The Balaban J connectivity index is 1.76. The molecule has 2 N–H and O–H groups in total. The van der Waals surface area contributed by atoms with Gasteiger partial charge in [0, 0.05) is 12.7 Å². The van der Waals surface area contributed by atoms with Crippen LogP contribution in [0.1, 0.15) is 32.6 Å². The summed E-state index contributed by atoms with van der Waals surface area (Å²) in [5.74, 6) is -1.01. The number of hydrogen-bond acceptors (Lipinski definition) is 3. The van der Waals surface area contributed by atoms with Gasteiger partial charge in [-0.25, -0.2) is 0 Å². The molecule has 0 saturated heterocycles. The molecule has 0 radical (unpaired) electrons. The highest BCUT2D eigenvalue weighted by Gasteiger charge is 2.16. The van der Waals surface area contributed by atoms with Crippen LogP contribution in [0, 0.1) is 13.8 Å². The molecule has 5 heteroatoms. The average molecular weight is 362 g/mol. The van der Waals surface area contributed by atoms with E-state index in [0.29, 0.717) is 13.1 Å². The van der Waals surface area contributed by atoms with E-state index in [1.165, 1.54) is 16.8 Å². The van der Waals surface area contributed by atoms with Crippen molar-refractivity contribution in [2.75, 3.05) is 0 Å². The second kappa shape index (κ2) is 7.91. The Kier molecular flexibility index (Phi) is 5.41. The summed E-state index contributed by atoms with van der Waals surface area (Å²) in [6, 6.07) is 16.8. The van der Waals surface area contributed by atoms with Crippen LogP contribution < -0.4 is 10.9 Å². The molecule has 0 bridgehead atoms. The molecule has 0 spiro atoms. The Morgan fingerprint density at radius 1 is 1.04 bits per heavy atom. The fourth-order valence-corrected chi connectivity index (χ4v) is 2.92. The maximum Gasteiger partial charge on any atom is 0.293 e. The van der Waals surface area contributed by atoms with E-state index in [1.54, 1.807) is 0 Å². The lowest BCUT2D eigenvalue weighted by molar-refractivity contribution is 0.0947. The van der Waals surface area contributed by atoms with E-state index in [-0.39, 0.29) is 5.56 Å². The zero-order chi connectivity index (χ0) is 19.4. The van der Waals surface area contributed by atoms with Crippen molar-refractivity contribution >= 4 is 5.91 Å². The SMILES string of the molecule is Cc1cccc(CNC(=O)c2ccn(Cc3ccccc3)c(=O)c2O)c1C. The Hall–Kier alpha value is -3.34. The molecule has 0 aliphatic carbocycles. The first kappa shape index (κ1) is 18.5. The number of carbonyl (C=O) groups is 1. The summed E-state index contributed by atoms with van der Waals surface area (Å²) >= 11 is 0. The Morgan fingerprint density at radius 3 is 2.52 bits per heavy atom. The number of aryl methyl sites for hydroxylation is 1. The molecule has 1 amide bonds. The van der Waals surface area contributed by atoms with Crippen LogP contribution in [-0.4, -0.2) is 15.6 Å². The largest absolute Gasteiger partial charge is 0.502 e. The maximum absolute atomic E-state index is 12.4. The fourth-order valence-electron chi connectivity index (χ4n) is 2.92. The van der Waals surface area contributed by atoms with Crippen molar-refractivity contribution in [2.24, 2.45) is 0 Å². The van der Waals surface area contributed by atoms with Gasteiger partial charge in [-0.15, -0.1) is 0 Å². The smallest absolute Gasteiger partial charge is 0.293 e. The number of benzene rings is 2. The molecule has 3 aromatic rings. The zero-order valence-electron chi connectivity index (χ0n) is 15.4. The molecule has 5 nitrogen and oxygen atoms in total. The number of nitrogens with zero attached hydrogens (tertiary/aromatic N) is 1. The van der Waals surface area contributed by atoms with Crippen LogP contribution in [0.3, 0.4) is 0 Å². The molecule has 27 heavy (non-hydrogen) atoms. The molecule has 2 aromatic carbocycles. The van der Waals surface area contributed by atoms with Crippen LogP contribution in [0.2, 0.25) is 0 Å². The monoisotopic (exact) mass is 362 g/mol. The molecule has 0 aliphatic rings. The normalized spacial score (nSPS) is 10.6. The van der Waals surface area contributed by atoms with Crippen LogP contribution in [0.25, 0.3) is 0 Å². The first-order valence-corrected chi connectivity index (χ1v) is 8.77. The van der Waals surface area contributed by atoms with E-state index >= 15 is 0 Å². The lowest BCUT2D eigenvalue weighted by Gasteiger charge is -2.12. The van der Waals surface area contributed by atoms with E-state index in [4.69, 9.17) is 0 Å². The molecule has 0 saturated carbocycles. The third-order valence-corrected chi connectivity index (χ3v) is 4.74. The van der Waals surface area contributed by atoms with E-state index in [1.807, 2.05) is 62.4 Å². The van der Waals surface area contributed by atoms with E-state index in [0.717, 1.165) is 22.3 Å². The van der Waals surface area contributed by atoms with E-state index in [2.05, 4.69) is 5.32 Å². The van der Waals surface area contributed by atoms with E-state index < -0.39 is 17.2 Å². The van der Waals surface area contributed by atoms with Crippen molar-refractivity contribution in [3.05, 3.63) is 99.0 Å². The molecule has 1 aromatic heterocycles. The summed E-state index contributed by atoms with van der Waals surface area (Å²) in [6.45, 7) is 4.68. The predicted octanol–water partition coefficient (Wildman–Crippen LogP) is 3.15.